The molecule has 31 heavy (non-hydrogen) atoms. The monoisotopic (exact) mass is 451 g/mol. The largest absolute Gasteiger partial charge is 0.486 e. The Morgan fingerprint density at radius 2 is 1.94 bits per heavy atom. The van der Waals surface area contributed by atoms with E-state index in [0.29, 0.717) is 16.1 Å². The quantitative estimate of drug-likeness (QED) is 0.355. The zero-order valence-electron chi connectivity index (χ0n) is 16.9. The molecule has 0 bridgehead atoms. The second kappa shape index (κ2) is 10.2. The van der Waals surface area contributed by atoms with Crippen LogP contribution in [-0.4, -0.2) is 31.8 Å². The summed E-state index contributed by atoms with van der Waals surface area (Å²) in [6.07, 6.45) is 0.993. The van der Waals surface area contributed by atoms with Crippen LogP contribution in [0.1, 0.15) is 18.3 Å². The highest BCUT2D eigenvalue weighted by molar-refractivity contribution is 7.99. The maximum Gasteiger partial charge on any atom is 0.236 e. The van der Waals surface area contributed by atoms with Crippen LogP contribution in [0.15, 0.2) is 65.1 Å². The number of ether oxygens (including phenoxy) is 1. The molecule has 2 aromatic carbocycles. The maximum absolute atomic E-state index is 12.2. The van der Waals surface area contributed by atoms with Crippen molar-refractivity contribution in [3.63, 3.8) is 0 Å². The topological polar surface area (TPSA) is 92.8 Å². The van der Waals surface area contributed by atoms with E-state index in [2.05, 4.69) is 32.4 Å². The number of nitrogens with one attached hydrogen (secondary N) is 2. The van der Waals surface area contributed by atoms with Gasteiger partial charge in [-0.05, 0) is 24.1 Å². The average molecular weight is 452 g/mol. The number of amides is 1. The Morgan fingerprint density at radius 1 is 1.13 bits per heavy atom. The molecule has 4 aromatic rings. The van der Waals surface area contributed by atoms with Crippen molar-refractivity contribution < 1.29 is 9.53 Å². The van der Waals surface area contributed by atoms with Crippen LogP contribution in [0.2, 0.25) is 0 Å². The highest BCUT2D eigenvalue weighted by Crippen LogP contribution is 2.25. The van der Waals surface area contributed by atoms with Gasteiger partial charge in [0, 0.05) is 10.9 Å². The van der Waals surface area contributed by atoms with Gasteiger partial charge < -0.3 is 10.1 Å². The molecule has 1 amide bonds. The Hall–Kier alpha value is -3.17. The molecule has 2 N–H and O–H groups in total. The minimum atomic E-state index is -0.155. The first-order chi connectivity index (χ1) is 15.2. The fourth-order valence-electron chi connectivity index (χ4n) is 2.74. The number of thiazole rings is 1. The first-order valence-electron chi connectivity index (χ1n) is 9.76. The standard InChI is InChI=1S/C22H21N5O2S2/c1-2-15-8-10-17(11-9-15)29-12-19-24-22(27-26-19)31-14-20(28)25-21-23-18(13-30-21)16-6-4-3-5-7-16/h3-11,13H,2,12,14H2,1H3,(H,23,25,28)(H,24,26,27). The Kier molecular flexibility index (Phi) is 6.96. The number of H-pyrrole nitrogens is 1. The molecule has 0 aliphatic rings. The number of rotatable bonds is 9. The van der Waals surface area contributed by atoms with Gasteiger partial charge in [0.25, 0.3) is 0 Å². The molecule has 0 fully saturated rings. The maximum atomic E-state index is 12.2. The second-order valence-corrected chi connectivity index (χ2v) is 8.39. The van der Waals surface area contributed by atoms with Gasteiger partial charge in [-0.1, -0.05) is 61.2 Å². The normalized spacial score (nSPS) is 10.7. The van der Waals surface area contributed by atoms with Crippen molar-refractivity contribution in [1.82, 2.24) is 20.2 Å². The highest BCUT2D eigenvalue weighted by atomic mass is 32.2. The molecule has 4 rings (SSSR count). The molecule has 0 saturated carbocycles. The Bertz CT molecular complexity index is 1130. The molecule has 0 saturated heterocycles. The van der Waals surface area contributed by atoms with Gasteiger partial charge >= 0.3 is 0 Å². The molecule has 0 aliphatic carbocycles. The van der Waals surface area contributed by atoms with E-state index < -0.39 is 0 Å². The van der Waals surface area contributed by atoms with Crippen molar-refractivity contribution in [2.45, 2.75) is 25.1 Å². The fourth-order valence-corrected chi connectivity index (χ4v) is 4.09. The van der Waals surface area contributed by atoms with Gasteiger partial charge in [0.2, 0.25) is 11.1 Å². The molecule has 2 heterocycles. The summed E-state index contributed by atoms with van der Waals surface area (Å²) in [6, 6.07) is 17.8. The van der Waals surface area contributed by atoms with E-state index in [-0.39, 0.29) is 18.3 Å². The lowest BCUT2D eigenvalue weighted by Gasteiger charge is -2.04. The summed E-state index contributed by atoms with van der Waals surface area (Å²) in [7, 11) is 0. The third-order valence-corrected chi connectivity index (χ3v) is 5.98. The summed E-state index contributed by atoms with van der Waals surface area (Å²) in [6.45, 7) is 2.40. The van der Waals surface area contributed by atoms with E-state index in [1.807, 2.05) is 60.0 Å². The molecule has 0 atom stereocenters. The van der Waals surface area contributed by atoms with Gasteiger partial charge in [-0.25, -0.2) is 9.97 Å². The van der Waals surface area contributed by atoms with Crippen molar-refractivity contribution in [3.05, 3.63) is 71.4 Å². The summed E-state index contributed by atoms with van der Waals surface area (Å²) < 4.78 is 5.72. The lowest BCUT2D eigenvalue weighted by Crippen LogP contribution is -2.13. The molecule has 9 heteroatoms. The first kappa shape index (κ1) is 21.1. The number of hydrogen-bond acceptors (Lipinski definition) is 7. The number of anilines is 1. The SMILES string of the molecule is CCc1ccc(OCc2nc(SCC(=O)Nc3nc(-c4ccccc4)cs3)n[nH]2)cc1. The molecule has 0 unspecified atom stereocenters. The number of aromatic amines is 1. The zero-order valence-corrected chi connectivity index (χ0v) is 18.5. The Balaban J connectivity index is 1.23. The number of benzene rings is 2. The van der Waals surface area contributed by atoms with E-state index in [4.69, 9.17) is 4.74 Å². The molecule has 2 aromatic heterocycles. The molecular formula is C22H21N5O2S2. The van der Waals surface area contributed by atoms with Crippen molar-refractivity contribution in [2.24, 2.45) is 0 Å². The predicted octanol–water partition coefficient (Wildman–Crippen LogP) is 4.80. The van der Waals surface area contributed by atoms with Crippen LogP contribution in [0, 0.1) is 0 Å². The number of nitrogens with zero attached hydrogens (tertiary/aromatic N) is 3. The lowest BCUT2D eigenvalue weighted by molar-refractivity contribution is -0.113. The number of carbonyl (C=O) groups excluding carboxylic acids is 1. The molecule has 0 spiro atoms. The van der Waals surface area contributed by atoms with Crippen LogP contribution < -0.4 is 10.1 Å². The van der Waals surface area contributed by atoms with Crippen LogP contribution in [0.4, 0.5) is 5.13 Å². The third-order valence-electron chi connectivity index (χ3n) is 4.37. The van der Waals surface area contributed by atoms with Gasteiger partial charge in [0.15, 0.2) is 11.0 Å². The molecule has 0 aliphatic heterocycles. The Morgan fingerprint density at radius 3 is 2.71 bits per heavy atom. The van der Waals surface area contributed by atoms with Crippen LogP contribution in [0.5, 0.6) is 5.75 Å². The summed E-state index contributed by atoms with van der Waals surface area (Å²) in [5.74, 6) is 1.42. The predicted molar refractivity (Wildman–Crippen MR) is 123 cm³/mol. The summed E-state index contributed by atoms with van der Waals surface area (Å²) in [5.41, 5.74) is 3.12. The summed E-state index contributed by atoms with van der Waals surface area (Å²) in [5, 5.41) is 12.8. The van der Waals surface area contributed by atoms with Crippen LogP contribution in [0.25, 0.3) is 11.3 Å². The van der Waals surface area contributed by atoms with Crippen LogP contribution >= 0.6 is 23.1 Å². The average Bonchev–Trinajstić information content (AvgIpc) is 3.47. The Labute approximate surface area is 188 Å². The van der Waals surface area contributed by atoms with Gasteiger partial charge in [-0.2, -0.15) is 0 Å². The van der Waals surface area contributed by atoms with E-state index in [9.17, 15) is 4.79 Å². The minimum Gasteiger partial charge on any atom is -0.486 e. The first-order valence-corrected chi connectivity index (χ1v) is 11.6. The van der Waals surface area contributed by atoms with Crippen LogP contribution in [0.3, 0.4) is 0 Å². The fraction of sp³-hybridized carbons (Fsp3) is 0.182. The molecular weight excluding hydrogens is 430 g/mol. The van der Waals surface area contributed by atoms with Crippen LogP contribution in [-0.2, 0) is 17.8 Å². The highest BCUT2D eigenvalue weighted by Gasteiger charge is 2.11. The number of aromatic nitrogens is 4. The molecule has 0 radical (unpaired) electrons. The van der Waals surface area contributed by atoms with E-state index >= 15 is 0 Å². The van der Waals surface area contributed by atoms with Crippen molar-refractivity contribution >= 4 is 34.1 Å². The van der Waals surface area contributed by atoms with E-state index in [1.54, 1.807) is 0 Å². The van der Waals surface area contributed by atoms with Crippen molar-refractivity contribution in [2.75, 3.05) is 11.1 Å². The van der Waals surface area contributed by atoms with E-state index in [0.717, 1.165) is 23.4 Å². The minimum absolute atomic E-state index is 0.155. The van der Waals surface area contributed by atoms with Gasteiger partial charge in [0.05, 0.1) is 11.4 Å². The summed E-state index contributed by atoms with van der Waals surface area (Å²) in [4.78, 5) is 21.1. The van der Waals surface area contributed by atoms with Gasteiger partial charge in [-0.15, -0.1) is 16.4 Å². The second-order valence-electron chi connectivity index (χ2n) is 6.59. The van der Waals surface area contributed by atoms with E-state index in [1.165, 1.54) is 28.7 Å². The zero-order chi connectivity index (χ0) is 21.5. The number of aryl methyl sites for hydroxylation is 1. The number of carbonyl (C=O) groups is 1. The lowest BCUT2D eigenvalue weighted by atomic mass is 10.2. The summed E-state index contributed by atoms with van der Waals surface area (Å²) >= 11 is 2.65. The molecule has 7 nitrogen and oxygen atoms in total. The third kappa shape index (κ3) is 5.93. The number of hydrogen-bond donors (Lipinski definition) is 2. The van der Waals surface area contributed by atoms with Crippen molar-refractivity contribution in [1.29, 1.82) is 0 Å². The van der Waals surface area contributed by atoms with Crippen molar-refractivity contribution in [3.8, 4) is 17.0 Å². The number of thioether (sulfide) groups is 1. The van der Waals surface area contributed by atoms with Gasteiger partial charge in [-0.3, -0.25) is 9.89 Å². The molecule has 158 valence electrons. The van der Waals surface area contributed by atoms with Gasteiger partial charge in [0.1, 0.15) is 12.4 Å². The smallest absolute Gasteiger partial charge is 0.236 e.